The van der Waals surface area contributed by atoms with E-state index in [0.29, 0.717) is 28.2 Å². The molecule has 0 bridgehead atoms. The van der Waals surface area contributed by atoms with Crippen molar-refractivity contribution in [3.63, 3.8) is 0 Å². The van der Waals surface area contributed by atoms with Gasteiger partial charge in [0.05, 0.1) is 5.75 Å². The largest absolute Gasteiger partial charge is 0.346 e. The van der Waals surface area contributed by atoms with Gasteiger partial charge in [0.25, 0.3) is 11.7 Å². The second-order valence-electron chi connectivity index (χ2n) is 7.93. The summed E-state index contributed by atoms with van der Waals surface area (Å²) < 4.78 is 1.82. The third-order valence-corrected chi connectivity index (χ3v) is 7.32. The van der Waals surface area contributed by atoms with Gasteiger partial charge in [-0.1, -0.05) is 66.3 Å². The van der Waals surface area contributed by atoms with E-state index in [1.807, 2.05) is 42.6 Å². The number of amides is 1. The summed E-state index contributed by atoms with van der Waals surface area (Å²) in [6.07, 6.45) is 3.27. The fraction of sp³-hybridized carbons (Fsp3) is 0.391. The highest BCUT2D eigenvalue weighted by Crippen LogP contribution is 2.24. The van der Waals surface area contributed by atoms with Crippen molar-refractivity contribution in [1.29, 1.82) is 0 Å². The van der Waals surface area contributed by atoms with Gasteiger partial charge in [-0.2, -0.15) is 4.98 Å². The van der Waals surface area contributed by atoms with Crippen molar-refractivity contribution in [2.24, 2.45) is 0 Å². The number of carbonyl (C=O) groups is 1. The van der Waals surface area contributed by atoms with Crippen LogP contribution >= 0.6 is 23.1 Å². The quantitative estimate of drug-likeness (QED) is 0.352. The third-order valence-electron chi connectivity index (χ3n) is 5.37. The van der Waals surface area contributed by atoms with Crippen LogP contribution in [-0.2, 0) is 18.7 Å². The molecule has 4 rings (SSSR count). The van der Waals surface area contributed by atoms with Gasteiger partial charge in [0, 0.05) is 17.9 Å². The summed E-state index contributed by atoms with van der Waals surface area (Å²) >= 11 is 2.76. The first-order chi connectivity index (χ1) is 15.9. The number of fused-ring (bicyclic) bond motifs is 1. The Bertz CT molecular complexity index is 1260. The molecule has 0 saturated carbocycles. The van der Waals surface area contributed by atoms with E-state index in [2.05, 4.69) is 44.4 Å². The number of nitrogens with zero attached hydrogens (tertiary/aromatic N) is 6. The van der Waals surface area contributed by atoms with Gasteiger partial charge >= 0.3 is 0 Å². The summed E-state index contributed by atoms with van der Waals surface area (Å²) in [7, 11) is 0. The van der Waals surface area contributed by atoms with Crippen LogP contribution in [0, 0.1) is 20.8 Å². The molecule has 1 amide bonds. The van der Waals surface area contributed by atoms with Crippen molar-refractivity contribution in [2.75, 3.05) is 0 Å². The van der Waals surface area contributed by atoms with Gasteiger partial charge in [-0.25, -0.2) is 9.50 Å². The van der Waals surface area contributed by atoms with E-state index < -0.39 is 0 Å². The molecule has 8 nitrogen and oxygen atoms in total. The van der Waals surface area contributed by atoms with Crippen molar-refractivity contribution in [3.05, 3.63) is 62.4 Å². The highest BCUT2D eigenvalue weighted by molar-refractivity contribution is 7.98. The fourth-order valence-electron chi connectivity index (χ4n) is 3.46. The smallest absolute Gasteiger partial charge is 0.282 e. The minimum absolute atomic E-state index is 0.218. The predicted molar refractivity (Wildman–Crippen MR) is 131 cm³/mol. The molecule has 1 aromatic carbocycles. The Hall–Kier alpha value is -2.85. The van der Waals surface area contributed by atoms with Crippen molar-refractivity contribution in [2.45, 2.75) is 64.4 Å². The van der Waals surface area contributed by atoms with E-state index in [0.717, 1.165) is 41.2 Å². The molecule has 0 atom stereocenters. The maximum absolute atomic E-state index is 12.4. The molecule has 10 heteroatoms. The molecule has 33 heavy (non-hydrogen) atoms. The highest BCUT2D eigenvalue weighted by Gasteiger charge is 2.16. The topological polar surface area (TPSA) is 98.0 Å². The predicted octanol–water partition coefficient (Wildman–Crippen LogP) is 4.47. The first-order valence-electron chi connectivity index (χ1n) is 11.0. The average Bonchev–Trinajstić information content (AvgIpc) is 3.44. The van der Waals surface area contributed by atoms with Crippen molar-refractivity contribution < 1.29 is 4.79 Å². The first kappa shape index (κ1) is 23.3. The monoisotopic (exact) mass is 481 g/mol. The van der Waals surface area contributed by atoms with E-state index in [4.69, 9.17) is 0 Å². The number of nitrogens with one attached hydrogen (secondary N) is 1. The summed E-state index contributed by atoms with van der Waals surface area (Å²) in [4.78, 5) is 21.6. The van der Waals surface area contributed by atoms with Gasteiger partial charge in [-0.15, -0.1) is 15.3 Å². The lowest BCUT2D eigenvalue weighted by molar-refractivity contribution is 0.0950. The van der Waals surface area contributed by atoms with Gasteiger partial charge in [0.15, 0.2) is 0 Å². The SMILES string of the molecule is CCCCc1c(C)nc2nc(SCc3nnc(C(=O)NCc4ccc(C)cc4)s3)nn2c1C. The second kappa shape index (κ2) is 10.4. The number of hydrogen-bond acceptors (Lipinski definition) is 8. The minimum Gasteiger partial charge on any atom is -0.346 e. The molecule has 0 spiro atoms. The maximum atomic E-state index is 12.4. The van der Waals surface area contributed by atoms with Crippen molar-refractivity contribution >= 4 is 34.8 Å². The molecule has 0 unspecified atom stereocenters. The van der Waals surface area contributed by atoms with Gasteiger partial charge in [-0.3, -0.25) is 4.79 Å². The Labute approximate surface area is 201 Å². The maximum Gasteiger partial charge on any atom is 0.282 e. The molecule has 172 valence electrons. The summed E-state index contributed by atoms with van der Waals surface area (Å²) in [6, 6.07) is 8.06. The zero-order valence-corrected chi connectivity index (χ0v) is 20.9. The number of hydrogen-bond donors (Lipinski definition) is 1. The van der Waals surface area contributed by atoms with Crippen LogP contribution < -0.4 is 5.32 Å². The lowest BCUT2D eigenvalue weighted by atomic mass is 10.1. The van der Waals surface area contributed by atoms with E-state index in [-0.39, 0.29) is 5.91 Å². The highest BCUT2D eigenvalue weighted by atomic mass is 32.2. The standard InChI is InChI=1S/C23H27N7OS2/c1-5-6-7-18-15(3)25-22-26-23(29-30(22)16(18)4)32-13-19-27-28-21(33-19)20(31)24-12-17-10-8-14(2)9-11-17/h8-11H,5-7,12-13H2,1-4H3,(H,24,31). The number of aryl methyl sites for hydroxylation is 3. The molecule has 3 heterocycles. The van der Waals surface area contributed by atoms with Crippen LogP contribution in [0.4, 0.5) is 0 Å². The Kier molecular flexibility index (Phi) is 7.34. The first-order valence-corrected chi connectivity index (χ1v) is 12.8. The molecule has 0 aliphatic rings. The van der Waals surface area contributed by atoms with Crippen LogP contribution in [0.1, 0.15) is 62.7 Å². The lowest BCUT2D eigenvalue weighted by Gasteiger charge is -2.09. The molecule has 0 fully saturated rings. The lowest BCUT2D eigenvalue weighted by Crippen LogP contribution is -2.22. The van der Waals surface area contributed by atoms with Gasteiger partial charge in [0.2, 0.25) is 10.2 Å². The molecule has 3 aromatic heterocycles. The van der Waals surface area contributed by atoms with E-state index in [1.54, 1.807) is 0 Å². The average molecular weight is 482 g/mol. The molecule has 0 radical (unpaired) electrons. The van der Waals surface area contributed by atoms with Crippen molar-refractivity contribution in [1.82, 2.24) is 35.1 Å². The Balaban J connectivity index is 1.38. The summed E-state index contributed by atoms with van der Waals surface area (Å²) in [5, 5.41) is 17.5. The molecular weight excluding hydrogens is 454 g/mol. The van der Waals surface area contributed by atoms with Crippen LogP contribution in [0.2, 0.25) is 0 Å². The van der Waals surface area contributed by atoms with Crippen LogP contribution in [0.25, 0.3) is 5.78 Å². The molecule has 0 aliphatic carbocycles. The van der Waals surface area contributed by atoms with Crippen LogP contribution in [0.15, 0.2) is 29.4 Å². The number of benzene rings is 1. The zero-order chi connectivity index (χ0) is 23.4. The van der Waals surface area contributed by atoms with E-state index in [9.17, 15) is 4.79 Å². The Morgan fingerprint density at radius 3 is 2.67 bits per heavy atom. The third kappa shape index (κ3) is 5.56. The Morgan fingerprint density at radius 2 is 1.91 bits per heavy atom. The summed E-state index contributed by atoms with van der Waals surface area (Å²) in [6.45, 7) is 8.79. The van der Waals surface area contributed by atoms with Gasteiger partial charge < -0.3 is 5.32 Å². The summed E-state index contributed by atoms with van der Waals surface area (Å²) in [5.41, 5.74) is 5.59. The fourth-order valence-corrected chi connectivity index (χ4v) is 5.02. The number of rotatable bonds is 9. The van der Waals surface area contributed by atoms with Gasteiger partial charge in [-0.05, 0) is 44.7 Å². The molecule has 1 N–H and O–H groups in total. The van der Waals surface area contributed by atoms with E-state index >= 15 is 0 Å². The normalized spacial score (nSPS) is 11.3. The molecule has 4 aromatic rings. The molecular formula is C23H27N7OS2. The van der Waals surface area contributed by atoms with Crippen molar-refractivity contribution in [3.8, 4) is 0 Å². The number of thioether (sulfide) groups is 1. The van der Waals surface area contributed by atoms with Gasteiger partial charge in [0.1, 0.15) is 5.01 Å². The van der Waals surface area contributed by atoms with E-state index in [1.165, 1.54) is 34.2 Å². The minimum atomic E-state index is -0.218. The summed E-state index contributed by atoms with van der Waals surface area (Å²) in [5.74, 6) is 0.937. The zero-order valence-electron chi connectivity index (χ0n) is 19.3. The Morgan fingerprint density at radius 1 is 1.12 bits per heavy atom. The molecule has 0 saturated heterocycles. The van der Waals surface area contributed by atoms with Crippen LogP contribution in [0.5, 0.6) is 0 Å². The second-order valence-corrected chi connectivity index (χ2v) is 9.93. The number of aromatic nitrogens is 6. The van der Waals surface area contributed by atoms with Crippen LogP contribution in [0.3, 0.4) is 0 Å². The number of unbranched alkanes of at least 4 members (excludes halogenated alkanes) is 1. The number of carbonyl (C=O) groups excluding carboxylic acids is 1. The van der Waals surface area contributed by atoms with Crippen LogP contribution in [-0.4, -0.2) is 35.7 Å². The molecule has 0 aliphatic heterocycles.